The first kappa shape index (κ1) is 20.3. The predicted molar refractivity (Wildman–Crippen MR) is 113 cm³/mol. The molecule has 1 heterocycles. The van der Waals surface area contributed by atoms with E-state index in [0.717, 1.165) is 37.3 Å². The number of carbonyl (C=O) groups excluding carboxylic acids is 1. The average Bonchev–Trinajstić information content (AvgIpc) is 2.72. The summed E-state index contributed by atoms with van der Waals surface area (Å²) in [6.45, 7) is 1.11. The predicted octanol–water partition coefficient (Wildman–Crippen LogP) is 4.84. The summed E-state index contributed by atoms with van der Waals surface area (Å²) in [4.78, 5) is 12.2. The Hall–Kier alpha value is -2.44. The highest BCUT2D eigenvalue weighted by Crippen LogP contribution is 2.23. The van der Waals surface area contributed by atoms with Crippen LogP contribution in [0.2, 0.25) is 0 Å². The molecule has 28 heavy (non-hydrogen) atoms. The minimum Gasteiger partial charge on any atom is -0.314 e. The van der Waals surface area contributed by atoms with Gasteiger partial charge in [-0.25, -0.2) is 0 Å². The third-order valence-electron chi connectivity index (χ3n) is 5.69. The maximum absolute atomic E-state index is 12.2. The molecule has 0 bridgehead atoms. The lowest BCUT2D eigenvalue weighted by Crippen LogP contribution is -2.38. The van der Waals surface area contributed by atoms with E-state index in [9.17, 15) is 4.79 Å². The van der Waals surface area contributed by atoms with E-state index in [1.54, 1.807) is 6.07 Å². The molecule has 0 radical (unpaired) electrons. The van der Waals surface area contributed by atoms with Crippen LogP contribution in [0.3, 0.4) is 0 Å². The number of nitriles is 1. The summed E-state index contributed by atoms with van der Waals surface area (Å²) in [6, 6.07) is 20.9. The summed E-state index contributed by atoms with van der Waals surface area (Å²) < 4.78 is 0. The quantitative estimate of drug-likeness (QED) is 0.639. The monoisotopic (exact) mass is 374 g/mol. The molecule has 3 rings (SSSR count). The van der Waals surface area contributed by atoms with Gasteiger partial charge in [0.2, 0.25) is 0 Å². The van der Waals surface area contributed by atoms with Crippen molar-refractivity contribution in [3.63, 3.8) is 0 Å². The fourth-order valence-electron chi connectivity index (χ4n) is 4.23. The standard InChI is InChI=1S/C25H30N2O/c26-19-23-10-6-9-21(16-23)18-25(28)12-5-4-11-24-17-22(13-14-27-24)15-20-7-2-1-3-8-20/h1-3,6-10,16,22,24,27H,4-5,11-15,17-18H2/t22-,24-/m0/s1. The van der Waals surface area contributed by atoms with Crippen molar-refractivity contribution in [1.82, 2.24) is 5.32 Å². The molecule has 1 fully saturated rings. The Morgan fingerprint density at radius 1 is 1.07 bits per heavy atom. The highest BCUT2D eigenvalue weighted by atomic mass is 16.1. The number of unbranched alkanes of at least 4 members (excludes halogenated alkanes) is 1. The molecule has 1 aliphatic heterocycles. The lowest BCUT2D eigenvalue weighted by atomic mass is 9.85. The highest BCUT2D eigenvalue weighted by molar-refractivity contribution is 5.80. The Morgan fingerprint density at radius 2 is 1.89 bits per heavy atom. The van der Waals surface area contributed by atoms with Gasteiger partial charge in [0, 0.05) is 18.9 Å². The van der Waals surface area contributed by atoms with Crippen molar-refractivity contribution < 1.29 is 4.79 Å². The van der Waals surface area contributed by atoms with Crippen molar-refractivity contribution >= 4 is 5.78 Å². The summed E-state index contributed by atoms with van der Waals surface area (Å²) in [5.41, 5.74) is 3.01. The van der Waals surface area contributed by atoms with E-state index in [4.69, 9.17) is 5.26 Å². The van der Waals surface area contributed by atoms with Crippen LogP contribution in [-0.2, 0) is 17.6 Å². The second-order valence-corrected chi connectivity index (χ2v) is 8.00. The normalized spacial score (nSPS) is 19.1. The van der Waals surface area contributed by atoms with Gasteiger partial charge in [-0.3, -0.25) is 4.79 Å². The topological polar surface area (TPSA) is 52.9 Å². The number of piperidine rings is 1. The van der Waals surface area contributed by atoms with Crippen LogP contribution in [0.5, 0.6) is 0 Å². The van der Waals surface area contributed by atoms with Gasteiger partial charge in [-0.2, -0.15) is 5.26 Å². The van der Waals surface area contributed by atoms with Crippen LogP contribution in [0.1, 0.15) is 55.2 Å². The molecule has 0 amide bonds. The number of rotatable bonds is 9. The van der Waals surface area contributed by atoms with E-state index in [1.165, 1.54) is 24.8 Å². The highest BCUT2D eigenvalue weighted by Gasteiger charge is 2.21. The second-order valence-electron chi connectivity index (χ2n) is 8.00. The molecule has 1 aliphatic rings. The van der Waals surface area contributed by atoms with E-state index in [-0.39, 0.29) is 5.78 Å². The number of nitrogens with one attached hydrogen (secondary N) is 1. The smallest absolute Gasteiger partial charge is 0.137 e. The molecule has 0 saturated carbocycles. The van der Waals surface area contributed by atoms with E-state index < -0.39 is 0 Å². The van der Waals surface area contributed by atoms with Gasteiger partial charge >= 0.3 is 0 Å². The molecule has 0 unspecified atom stereocenters. The van der Waals surface area contributed by atoms with Crippen LogP contribution >= 0.6 is 0 Å². The molecule has 2 aromatic rings. The fraction of sp³-hybridized carbons (Fsp3) is 0.440. The zero-order valence-electron chi connectivity index (χ0n) is 16.6. The Labute approximate surface area is 168 Å². The molecule has 0 aromatic heterocycles. The average molecular weight is 375 g/mol. The summed E-state index contributed by atoms with van der Waals surface area (Å²) in [7, 11) is 0. The lowest BCUT2D eigenvalue weighted by Gasteiger charge is -2.30. The van der Waals surface area contributed by atoms with E-state index in [0.29, 0.717) is 24.4 Å². The number of hydrogen-bond acceptors (Lipinski definition) is 3. The van der Waals surface area contributed by atoms with Gasteiger partial charge in [-0.15, -0.1) is 0 Å². The minimum absolute atomic E-state index is 0.272. The van der Waals surface area contributed by atoms with Crippen molar-refractivity contribution in [2.75, 3.05) is 6.54 Å². The molecule has 0 aliphatic carbocycles. The van der Waals surface area contributed by atoms with Crippen LogP contribution in [-0.4, -0.2) is 18.4 Å². The van der Waals surface area contributed by atoms with E-state index >= 15 is 0 Å². The van der Waals surface area contributed by atoms with Gasteiger partial charge in [0.05, 0.1) is 11.6 Å². The number of carbonyl (C=O) groups is 1. The number of hydrogen-bond donors (Lipinski definition) is 1. The maximum atomic E-state index is 12.2. The molecule has 3 heteroatoms. The molecule has 2 aromatic carbocycles. The lowest BCUT2D eigenvalue weighted by molar-refractivity contribution is -0.118. The maximum Gasteiger partial charge on any atom is 0.137 e. The third-order valence-corrected chi connectivity index (χ3v) is 5.69. The first-order valence-corrected chi connectivity index (χ1v) is 10.5. The van der Waals surface area contributed by atoms with Gasteiger partial charge in [0.25, 0.3) is 0 Å². The summed E-state index contributed by atoms with van der Waals surface area (Å²) in [5.74, 6) is 1.04. The Kier molecular flexibility index (Phi) is 7.82. The van der Waals surface area contributed by atoms with Crippen LogP contribution in [0, 0.1) is 17.2 Å². The van der Waals surface area contributed by atoms with E-state index in [2.05, 4.69) is 41.7 Å². The molecule has 1 N–H and O–H groups in total. The number of Topliss-reactive ketones (excluding diaryl/α,β-unsaturated/α-hetero) is 1. The molecule has 0 spiro atoms. The van der Waals surface area contributed by atoms with Crippen LogP contribution < -0.4 is 5.32 Å². The first-order chi connectivity index (χ1) is 13.7. The van der Waals surface area contributed by atoms with Gasteiger partial charge in [-0.05, 0) is 67.8 Å². The number of benzene rings is 2. The summed E-state index contributed by atoms with van der Waals surface area (Å²) >= 11 is 0. The number of nitrogens with zero attached hydrogens (tertiary/aromatic N) is 1. The largest absolute Gasteiger partial charge is 0.314 e. The van der Waals surface area contributed by atoms with Crippen LogP contribution in [0.4, 0.5) is 0 Å². The fourth-order valence-corrected chi connectivity index (χ4v) is 4.23. The summed E-state index contributed by atoms with van der Waals surface area (Å²) in [6.07, 6.45) is 7.96. The Bertz CT molecular complexity index is 794. The minimum atomic E-state index is 0.272. The van der Waals surface area contributed by atoms with Crippen molar-refractivity contribution in [3.8, 4) is 6.07 Å². The van der Waals surface area contributed by atoms with Gasteiger partial charge in [0.1, 0.15) is 5.78 Å². The molecule has 2 atom stereocenters. The zero-order valence-corrected chi connectivity index (χ0v) is 16.6. The van der Waals surface area contributed by atoms with Crippen LogP contribution in [0.25, 0.3) is 0 Å². The van der Waals surface area contributed by atoms with Gasteiger partial charge in [0.15, 0.2) is 0 Å². The van der Waals surface area contributed by atoms with Crippen molar-refractivity contribution in [1.29, 1.82) is 5.26 Å². The van der Waals surface area contributed by atoms with Crippen molar-refractivity contribution in [2.45, 2.75) is 57.4 Å². The SMILES string of the molecule is N#Cc1cccc(CC(=O)CCCC[C@H]2C[C@H](Cc3ccccc3)CCN2)c1. The summed E-state index contributed by atoms with van der Waals surface area (Å²) in [5, 5.41) is 12.6. The third kappa shape index (κ3) is 6.62. The van der Waals surface area contributed by atoms with Gasteiger partial charge < -0.3 is 5.32 Å². The van der Waals surface area contributed by atoms with Crippen LogP contribution in [0.15, 0.2) is 54.6 Å². The van der Waals surface area contributed by atoms with Gasteiger partial charge in [-0.1, -0.05) is 48.9 Å². The Balaban J connectivity index is 1.34. The zero-order chi connectivity index (χ0) is 19.6. The number of ketones is 1. The molecule has 3 nitrogen and oxygen atoms in total. The van der Waals surface area contributed by atoms with Crippen molar-refractivity contribution in [2.24, 2.45) is 5.92 Å². The second kappa shape index (κ2) is 10.8. The molecular formula is C25H30N2O. The molecular weight excluding hydrogens is 344 g/mol. The Morgan fingerprint density at radius 3 is 2.71 bits per heavy atom. The molecule has 1 saturated heterocycles. The first-order valence-electron chi connectivity index (χ1n) is 10.5. The van der Waals surface area contributed by atoms with Crippen molar-refractivity contribution in [3.05, 3.63) is 71.3 Å². The van der Waals surface area contributed by atoms with E-state index in [1.807, 2.05) is 18.2 Å². The molecule has 146 valence electrons.